The lowest BCUT2D eigenvalue weighted by molar-refractivity contribution is -0.117. The van der Waals surface area contributed by atoms with Crippen LogP contribution in [0.3, 0.4) is 0 Å². The Bertz CT molecular complexity index is 584. The van der Waals surface area contributed by atoms with Crippen molar-refractivity contribution in [1.29, 1.82) is 0 Å². The van der Waals surface area contributed by atoms with E-state index in [4.69, 9.17) is 0 Å². The maximum absolute atomic E-state index is 12.4. The van der Waals surface area contributed by atoms with Crippen LogP contribution in [0.1, 0.15) is 38.2 Å². The van der Waals surface area contributed by atoms with Gasteiger partial charge in [0.1, 0.15) is 0 Å². The lowest BCUT2D eigenvalue weighted by Crippen LogP contribution is -2.50. The Hall–Kier alpha value is -2.04. The fourth-order valence-corrected chi connectivity index (χ4v) is 3.44. The molecular formula is C18H25N3O2. The molecule has 1 aromatic rings. The van der Waals surface area contributed by atoms with Crippen LogP contribution in [0, 0.1) is 6.92 Å². The van der Waals surface area contributed by atoms with E-state index in [9.17, 15) is 9.59 Å². The summed E-state index contributed by atoms with van der Waals surface area (Å²) in [7, 11) is 0. The molecule has 1 N–H and O–H groups in total. The van der Waals surface area contributed by atoms with Crippen LogP contribution in [-0.4, -0.2) is 42.0 Å². The molecule has 2 atom stereocenters. The van der Waals surface area contributed by atoms with Gasteiger partial charge in [0.25, 0.3) is 0 Å². The van der Waals surface area contributed by atoms with Crippen LogP contribution in [0.15, 0.2) is 24.3 Å². The van der Waals surface area contributed by atoms with Crippen molar-refractivity contribution in [2.24, 2.45) is 0 Å². The number of carbonyl (C=O) groups is 2. The average Bonchev–Trinajstić information content (AvgIpc) is 2.89. The van der Waals surface area contributed by atoms with Gasteiger partial charge in [0.05, 0.1) is 6.04 Å². The molecule has 3 rings (SSSR count). The first-order chi connectivity index (χ1) is 11.0. The summed E-state index contributed by atoms with van der Waals surface area (Å²) >= 11 is 0. The lowest BCUT2D eigenvalue weighted by Gasteiger charge is -2.34. The summed E-state index contributed by atoms with van der Waals surface area (Å²) in [6, 6.07) is 8.09. The molecule has 2 aliphatic heterocycles. The van der Waals surface area contributed by atoms with Gasteiger partial charge in [-0.2, -0.15) is 0 Å². The van der Waals surface area contributed by atoms with E-state index < -0.39 is 0 Å². The fraction of sp³-hybridized carbons (Fsp3) is 0.556. The van der Waals surface area contributed by atoms with Crippen LogP contribution in [0.5, 0.6) is 0 Å². The van der Waals surface area contributed by atoms with Crippen molar-refractivity contribution >= 4 is 17.6 Å². The number of nitrogens with zero attached hydrogens (tertiary/aromatic N) is 2. The number of urea groups is 1. The van der Waals surface area contributed by atoms with E-state index in [1.165, 1.54) is 12.0 Å². The van der Waals surface area contributed by atoms with Crippen molar-refractivity contribution in [2.75, 3.05) is 18.0 Å². The molecule has 5 nitrogen and oxygen atoms in total. The van der Waals surface area contributed by atoms with Crippen LogP contribution in [0.25, 0.3) is 0 Å². The van der Waals surface area contributed by atoms with E-state index >= 15 is 0 Å². The first-order valence-corrected chi connectivity index (χ1v) is 8.49. The summed E-state index contributed by atoms with van der Waals surface area (Å²) in [5, 5.41) is 3.05. The number of aryl methyl sites for hydroxylation is 1. The zero-order valence-electron chi connectivity index (χ0n) is 13.9. The molecule has 23 heavy (non-hydrogen) atoms. The monoisotopic (exact) mass is 315 g/mol. The van der Waals surface area contributed by atoms with E-state index in [2.05, 4.69) is 12.2 Å². The Balaban J connectivity index is 1.61. The predicted octanol–water partition coefficient (Wildman–Crippen LogP) is 2.68. The lowest BCUT2D eigenvalue weighted by atomic mass is 10.0. The van der Waals surface area contributed by atoms with Crippen molar-refractivity contribution in [3.05, 3.63) is 29.8 Å². The highest BCUT2D eigenvalue weighted by Gasteiger charge is 2.33. The molecule has 2 fully saturated rings. The summed E-state index contributed by atoms with van der Waals surface area (Å²) in [6.45, 7) is 5.49. The van der Waals surface area contributed by atoms with Gasteiger partial charge in [-0.05, 0) is 45.2 Å². The third-order valence-corrected chi connectivity index (χ3v) is 4.86. The number of hydrogen-bond donors (Lipinski definition) is 1. The van der Waals surface area contributed by atoms with Gasteiger partial charge in [-0.1, -0.05) is 17.7 Å². The maximum Gasteiger partial charge on any atom is 0.317 e. The van der Waals surface area contributed by atoms with Gasteiger partial charge >= 0.3 is 6.03 Å². The molecule has 0 spiro atoms. The number of nitrogens with one attached hydrogen (secondary N) is 1. The number of amides is 3. The molecule has 5 heteroatoms. The smallest absolute Gasteiger partial charge is 0.317 e. The van der Waals surface area contributed by atoms with Crippen LogP contribution in [-0.2, 0) is 4.79 Å². The predicted molar refractivity (Wildman–Crippen MR) is 90.5 cm³/mol. The number of rotatable bonds is 2. The quantitative estimate of drug-likeness (QED) is 0.912. The Kier molecular flexibility index (Phi) is 4.55. The molecule has 0 aliphatic carbocycles. The minimum atomic E-state index is -0.106. The van der Waals surface area contributed by atoms with E-state index in [1.807, 2.05) is 36.1 Å². The summed E-state index contributed by atoms with van der Waals surface area (Å²) in [6.07, 6.45) is 3.69. The molecule has 1 aromatic carbocycles. The van der Waals surface area contributed by atoms with E-state index in [1.54, 1.807) is 4.90 Å². The molecule has 2 heterocycles. The number of carbonyl (C=O) groups excluding carboxylic acids is 2. The zero-order valence-corrected chi connectivity index (χ0v) is 13.9. The van der Waals surface area contributed by atoms with Gasteiger partial charge in [-0.25, -0.2) is 4.79 Å². The highest BCUT2D eigenvalue weighted by Crippen LogP contribution is 2.23. The summed E-state index contributed by atoms with van der Waals surface area (Å²) < 4.78 is 0. The van der Waals surface area contributed by atoms with Crippen LogP contribution < -0.4 is 10.2 Å². The third kappa shape index (κ3) is 3.49. The van der Waals surface area contributed by atoms with Gasteiger partial charge in [-0.15, -0.1) is 0 Å². The molecule has 0 unspecified atom stereocenters. The zero-order chi connectivity index (χ0) is 16.4. The van der Waals surface area contributed by atoms with Gasteiger partial charge < -0.3 is 15.1 Å². The molecule has 0 aromatic heterocycles. The minimum Gasteiger partial charge on any atom is -0.333 e. The molecule has 3 amide bonds. The van der Waals surface area contributed by atoms with E-state index in [-0.39, 0.29) is 24.0 Å². The second-order valence-corrected chi connectivity index (χ2v) is 6.73. The van der Waals surface area contributed by atoms with Crippen molar-refractivity contribution in [2.45, 2.75) is 51.6 Å². The highest BCUT2D eigenvalue weighted by molar-refractivity contribution is 5.96. The number of likely N-dealkylation sites (tertiary alicyclic amines) is 1. The van der Waals surface area contributed by atoms with E-state index in [0.29, 0.717) is 13.0 Å². The number of benzene rings is 1. The van der Waals surface area contributed by atoms with Crippen molar-refractivity contribution in [3.8, 4) is 0 Å². The van der Waals surface area contributed by atoms with Crippen LogP contribution in [0.2, 0.25) is 0 Å². The molecule has 2 saturated heterocycles. The SMILES string of the molecule is Cc1ccc(N2C[C@@H](NC(=O)N3CCCC[C@H]3C)CC2=O)cc1. The second kappa shape index (κ2) is 6.60. The summed E-state index contributed by atoms with van der Waals surface area (Å²) in [5.41, 5.74) is 2.08. The van der Waals surface area contributed by atoms with E-state index in [0.717, 1.165) is 25.1 Å². The largest absolute Gasteiger partial charge is 0.333 e. The molecule has 0 radical (unpaired) electrons. The van der Waals surface area contributed by atoms with Crippen molar-refractivity contribution in [3.63, 3.8) is 0 Å². The van der Waals surface area contributed by atoms with Crippen molar-refractivity contribution < 1.29 is 9.59 Å². The number of piperidine rings is 1. The Morgan fingerprint density at radius 1 is 1.22 bits per heavy atom. The van der Waals surface area contributed by atoms with Gasteiger partial charge in [0, 0.05) is 31.2 Å². The molecule has 0 bridgehead atoms. The molecule has 0 saturated carbocycles. The standard InChI is InChI=1S/C18H25N3O2/c1-13-6-8-16(9-7-13)21-12-15(11-17(21)22)19-18(23)20-10-4-3-5-14(20)2/h6-9,14-15H,3-5,10-12H2,1-2H3,(H,19,23)/t14-,15+/m1/s1. The summed E-state index contributed by atoms with van der Waals surface area (Å²) in [5.74, 6) is 0.0749. The normalized spacial score (nSPS) is 24.9. The van der Waals surface area contributed by atoms with Crippen LogP contribution in [0.4, 0.5) is 10.5 Å². The fourth-order valence-electron chi connectivity index (χ4n) is 3.44. The minimum absolute atomic E-state index is 0.0271. The van der Waals surface area contributed by atoms with Gasteiger partial charge in [0.15, 0.2) is 0 Å². The highest BCUT2D eigenvalue weighted by atomic mass is 16.2. The first-order valence-electron chi connectivity index (χ1n) is 8.49. The van der Waals surface area contributed by atoms with Gasteiger partial charge in [-0.3, -0.25) is 4.79 Å². The van der Waals surface area contributed by atoms with Crippen LogP contribution >= 0.6 is 0 Å². The van der Waals surface area contributed by atoms with Gasteiger partial charge in [0.2, 0.25) is 5.91 Å². The second-order valence-electron chi connectivity index (χ2n) is 6.73. The summed E-state index contributed by atoms with van der Waals surface area (Å²) in [4.78, 5) is 28.4. The topological polar surface area (TPSA) is 52.7 Å². The Morgan fingerprint density at radius 2 is 1.96 bits per heavy atom. The molecule has 124 valence electrons. The Labute approximate surface area is 137 Å². The maximum atomic E-state index is 12.4. The average molecular weight is 315 g/mol. The number of hydrogen-bond acceptors (Lipinski definition) is 2. The first kappa shape index (κ1) is 15.8. The molecular weight excluding hydrogens is 290 g/mol. The third-order valence-electron chi connectivity index (χ3n) is 4.86. The van der Waals surface area contributed by atoms with Crippen molar-refractivity contribution in [1.82, 2.24) is 10.2 Å². The number of anilines is 1. The Morgan fingerprint density at radius 3 is 2.65 bits per heavy atom. The molecule has 2 aliphatic rings.